The van der Waals surface area contributed by atoms with Gasteiger partial charge in [0.2, 0.25) is 11.8 Å². The highest BCUT2D eigenvalue weighted by atomic mass is 16.3. The molecular weight excluding hydrogens is 556 g/mol. The fraction of sp³-hybridized carbons (Fsp3) is 0.343. The SMILES string of the molecule is C[C@@H](/C=C/CC(=O)N1Cc2ccccc2C[C@H]1CO)[C@]1(O)C(=O)N(Cc2ccc(N3CCNCC3=O)cc2)c2ccccc21. The molecule has 3 aromatic rings. The van der Waals surface area contributed by atoms with Crippen LogP contribution in [0.1, 0.15) is 35.6 Å². The van der Waals surface area contributed by atoms with Gasteiger partial charge in [0.05, 0.1) is 31.4 Å². The molecule has 228 valence electrons. The van der Waals surface area contributed by atoms with Gasteiger partial charge in [0.1, 0.15) is 0 Å². The van der Waals surface area contributed by atoms with Gasteiger partial charge in [0.25, 0.3) is 5.91 Å². The van der Waals surface area contributed by atoms with Crippen LogP contribution in [0.4, 0.5) is 11.4 Å². The molecule has 6 rings (SSSR count). The molecule has 1 fully saturated rings. The monoisotopic (exact) mass is 594 g/mol. The van der Waals surface area contributed by atoms with Gasteiger partial charge in [-0.25, -0.2) is 0 Å². The molecule has 0 bridgehead atoms. The zero-order chi connectivity index (χ0) is 30.8. The number of fused-ring (bicyclic) bond motifs is 2. The molecule has 3 aromatic carbocycles. The van der Waals surface area contributed by atoms with Gasteiger partial charge in [0.15, 0.2) is 5.60 Å². The third-order valence-electron chi connectivity index (χ3n) is 9.12. The molecule has 3 atom stereocenters. The van der Waals surface area contributed by atoms with Gasteiger partial charge >= 0.3 is 0 Å². The minimum Gasteiger partial charge on any atom is -0.394 e. The maximum atomic E-state index is 13.9. The van der Waals surface area contributed by atoms with E-state index in [-0.39, 0.29) is 37.4 Å². The van der Waals surface area contributed by atoms with Gasteiger partial charge in [-0.1, -0.05) is 73.7 Å². The number of aliphatic hydroxyl groups excluding tert-OH is 1. The molecular formula is C35H38N4O5. The lowest BCUT2D eigenvalue weighted by molar-refractivity contribution is -0.139. The van der Waals surface area contributed by atoms with Crippen LogP contribution < -0.4 is 15.1 Å². The lowest BCUT2D eigenvalue weighted by Gasteiger charge is -2.36. The molecule has 44 heavy (non-hydrogen) atoms. The lowest BCUT2D eigenvalue weighted by atomic mass is 9.83. The van der Waals surface area contributed by atoms with E-state index in [2.05, 4.69) is 5.32 Å². The Morgan fingerprint density at radius 3 is 2.52 bits per heavy atom. The van der Waals surface area contributed by atoms with Crippen LogP contribution in [-0.4, -0.2) is 65.1 Å². The molecule has 0 unspecified atom stereocenters. The van der Waals surface area contributed by atoms with E-state index < -0.39 is 17.4 Å². The van der Waals surface area contributed by atoms with Crippen molar-refractivity contribution < 1.29 is 24.6 Å². The van der Waals surface area contributed by atoms with E-state index in [4.69, 9.17) is 0 Å². The highest BCUT2D eigenvalue weighted by Gasteiger charge is 2.52. The fourth-order valence-electron chi connectivity index (χ4n) is 6.57. The van der Waals surface area contributed by atoms with E-state index in [0.717, 1.165) is 28.9 Å². The van der Waals surface area contributed by atoms with E-state index in [1.54, 1.807) is 39.8 Å². The number of hydrogen-bond donors (Lipinski definition) is 3. The molecule has 3 amide bonds. The summed E-state index contributed by atoms with van der Waals surface area (Å²) in [6.07, 6.45) is 4.16. The number of nitrogens with zero attached hydrogens (tertiary/aromatic N) is 3. The molecule has 3 aliphatic rings. The highest BCUT2D eigenvalue weighted by Crippen LogP contribution is 2.45. The number of anilines is 2. The number of benzene rings is 3. The summed E-state index contributed by atoms with van der Waals surface area (Å²) in [7, 11) is 0. The van der Waals surface area contributed by atoms with Crippen molar-refractivity contribution in [2.75, 3.05) is 36.0 Å². The largest absolute Gasteiger partial charge is 0.394 e. The van der Waals surface area contributed by atoms with Crippen molar-refractivity contribution in [3.8, 4) is 0 Å². The molecule has 3 aliphatic heterocycles. The maximum Gasteiger partial charge on any atom is 0.264 e. The number of hydrogen-bond acceptors (Lipinski definition) is 6. The summed E-state index contributed by atoms with van der Waals surface area (Å²) in [5.41, 5.74) is 3.31. The summed E-state index contributed by atoms with van der Waals surface area (Å²) in [6, 6.07) is 22.5. The summed E-state index contributed by atoms with van der Waals surface area (Å²) < 4.78 is 0. The Morgan fingerprint density at radius 1 is 1.05 bits per heavy atom. The van der Waals surface area contributed by atoms with Crippen molar-refractivity contribution in [1.29, 1.82) is 0 Å². The molecule has 1 saturated heterocycles. The molecule has 0 aromatic heterocycles. The first kappa shape index (κ1) is 29.7. The second kappa shape index (κ2) is 12.4. The van der Waals surface area contributed by atoms with Gasteiger partial charge < -0.3 is 30.2 Å². The van der Waals surface area contributed by atoms with Crippen LogP contribution >= 0.6 is 0 Å². The topological polar surface area (TPSA) is 113 Å². The van der Waals surface area contributed by atoms with Gasteiger partial charge in [-0.15, -0.1) is 0 Å². The molecule has 0 saturated carbocycles. The first-order chi connectivity index (χ1) is 21.3. The number of carbonyl (C=O) groups is 3. The Kier molecular flexibility index (Phi) is 8.35. The van der Waals surface area contributed by atoms with Crippen LogP contribution in [0.3, 0.4) is 0 Å². The minimum absolute atomic E-state index is 0.0240. The smallest absolute Gasteiger partial charge is 0.264 e. The first-order valence-electron chi connectivity index (χ1n) is 15.2. The Labute approximate surface area is 257 Å². The van der Waals surface area contributed by atoms with Crippen molar-refractivity contribution in [3.63, 3.8) is 0 Å². The minimum atomic E-state index is -1.79. The molecule has 9 heteroatoms. The third-order valence-corrected chi connectivity index (χ3v) is 9.12. The fourth-order valence-corrected chi connectivity index (χ4v) is 6.57. The van der Waals surface area contributed by atoms with E-state index >= 15 is 0 Å². The number of nitrogens with one attached hydrogen (secondary N) is 1. The average Bonchev–Trinajstić information content (AvgIpc) is 3.27. The van der Waals surface area contributed by atoms with E-state index in [1.165, 1.54) is 0 Å². The predicted octanol–water partition coefficient (Wildman–Crippen LogP) is 2.89. The lowest BCUT2D eigenvalue weighted by Crippen LogP contribution is -2.48. The van der Waals surface area contributed by atoms with Crippen LogP contribution in [0.2, 0.25) is 0 Å². The average molecular weight is 595 g/mol. The van der Waals surface area contributed by atoms with Crippen molar-refractivity contribution >= 4 is 29.1 Å². The van der Waals surface area contributed by atoms with E-state index in [9.17, 15) is 24.6 Å². The van der Waals surface area contributed by atoms with Crippen LogP contribution in [0.25, 0.3) is 0 Å². The molecule has 0 spiro atoms. The van der Waals surface area contributed by atoms with Crippen LogP contribution in [0, 0.1) is 5.92 Å². The molecule has 0 aliphatic carbocycles. The number of para-hydroxylation sites is 1. The second-order valence-electron chi connectivity index (χ2n) is 11.8. The number of rotatable bonds is 8. The number of aliphatic hydroxyl groups is 2. The molecule has 3 N–H and O–H groups in total. The summed E-state index contributed by atoms with van der Waals surface area (Å²) in [4.78, 5) is 44.5. The third kappa shape index (κ3) is 5.43. The van der Waals surface area contributed by atoms with E-state index in [1.807, 2.05) is 66.7 Å². The van der Waals surface area contributed by atoms with Crippen molar-refractivity contribution in [2.24, 2.45) is 5.92 Å². The summed E-state index contributed by atoms with van der Waals surface area (Å²) in [5, 5.41) is 25.0. The highest BCUT2D eigenvalue weighted by molar-refractivity contribution is 6.07. The van der Waals surface area contributed by atoms with Gasteiger partial charge in [0, 0.05) is 43.2 Å². The molecule has 9 nitrogen and oxygen atoms in total. The van der Waals surface area contributed by atoms with Crippen molar-refractivity contribution in [1.82, 2.24) is 10.2 Å². The van der Waals surface area contributed by atoms with Crippen molar-refractivity contribution in [2.45, 2.75) is 44.5 Å². The predicted molar refractivity (Wildman–Crippen MR) is 168 cm³/mol. The van der Waals surface area contributed by atoms with E-state index in [0.29, 0.717) is 37.3 Å². The number of carbonyl (C=O) groups excluding carboxylic acids is 3. The zero-order valence-corrected chi connectivity index (χ0v) is 24.9. The normalized spacial score (nSPS) is 22.3. The van der Waals surface area contributed by atoms with Crippen molar-refractivity contribution in [3.05, 3.63) is 107 Å². The van der Waals surface area contributed by atoms with Gasteiger partial charge in [-0.3, -0.25) is 14.4 Å². The van der Waals surface area contributed by atoms with Crippen LogP contribution in [-0.2, 0) is 39.5 Å². The number of piperazine rings is 1. The molecule has 0 radical (unpaired) electrons. The second-order valence-corrected chi connectivity index (χ2v) is 11.8. The van der Waals surface area contributed by atoms with Crippen LogP contribution in [0.15, 0.2) is 84.9 Å². The standard InChI is InChI=1S/C35H38N4O5/c1-24(7-6-12-32(41)38-22-27-9-3-2-8-26(27)19-29(38)23-40)35(44)30-10-4-5-11-31(30)39(34(35)43)21-25-13-15-28(16-14-25)37-18-17-36-20-33(37)42/h2-11,13-16,24,29,36,40,44H,12,17-23H2,1H3/b7-6+/t24-,29-,35+/m0/s1. The number of amides is 3. The van der Waals surface area contributed by atoms with Gasteiger partial charge in [-0.05, 0) is 41.3 Å². The zero-order valence-electron chi connectivity index (χ0n) is 24.9. The molecule has 3 heterocycles. The van der Waals surface area contributed by atoms with Gasteiger partial charge in [-0.2, -0.15) is 0 Å². The Morgan fingerprint density at radius 2 is 1.77 bits per heavy atom. The quantitative estimate of drug-likeness (QED) is 0.346. The Hall–Kier alpha value is -4.31. The summed E-state index contributed by atoms with van der Waals surface area (Å²) in [5.74, 6) is -1.11. The Bertz CT molecular complexity index is 1590. The van der Waals surface area contributed by atoms with Crippen LogP contribution in [0.5, 0.6) is 0 Å². The first-order valence-corrected chi connectivity index (χ1v) is 15.2. The Balaban J connectivity index is 1.15. The summed E-state index contributed by atoms with van der Waals surface area (Å²) in [6.45, 7) is 4.04. The summed E-state index contributed by atoms with van der Waals surface area (Å²) >= 11 is 0. The maximum absolute atomic E-state index is 13.9.